The molecule has 2 aliphatic carbocycles. The van der Waals surface area contributed by atoms with Crippen LogP contribution in [0, 0.1) is 23.7 Å². The Balaban J connectivity index is 0.000000665. The van der Waals surface area contributed by atoms with Crippen LogP contribution in [0.25, 0.3) is 0 Å². The van der Waals surface area contributed by atoms with Gasteiger partial charge in [0, 0.05) is 0 Å². The molecule has 3 aliphatic rings. The molecule has 0 aromatic heterocycles. The fourth-order valence-corrected chi connectivity index (χ4v) is 5.13. The van der Waals surface area contributed by atoms with E-state index in [9.17, 15) is 5.11 Å². The monoisotopic (exact) mass is 382 g/mol. The Morgan fingerprint density at radius 2 is 1.15 bits per heavy atom. The van der Waals surface area contributed by atoms with Gasteiger partial charge in [0.1, 0.15) is 0 Å². The lowest BCUT2D eigenvalue weighted by Gasteiger charge is -2.37. The van der Waals surface area contributed by atoms with E-state index in [-0.39, 0.29) is 6.10 Å². The van der Waals surface area contributed by atoms with Gasteiger partial charge in [-0.05, 0) is 82.0 Å². The van der Waals surface area contributed by atoms with Crippen molar-refractivity contribution >= 4 is 0 Å². The molecule has 27 heavy (non-hydrogen) atoms. The summed E-state index contributed by atoms with van der Waals surface area (Å²) in [6.45, 7) is 11.5. The van der Waals surface area contributed by atoms with Crippen LogP contribution in [-0.4, -0.2) is 23.9 Å². The molecule has 0 bridgehead atoms. The largest absolute Gasteiger partial charge is 0.393 e. The Labute approximate surface area is 170 Å². The van der Waals surface area contributed by atoms with Gasteiger partial charge >= 0.3 is 0 Å². The number of hydrogen-bond acceptors (Lipinski definition) is 2. The summed E-state index contributed by atoms with van der Waals surface area (Å²) in [5.74, 6) is 3.71. The summed E-state index contributed by atoms with van der Waals surface area (Å²) in [4.78, 5) is 0. The smallest absolute Gasteiger partial charge is 0.0547 e. The maximum atomic E-state index is 9.60. The van der Waals surface area contributed by atoms with Gasteiger partial charge in [-0.1, -0.05) is 59.8 Å². The minimum absolute atomic E-state index is 0.00659. The lowest BCUT2D eigenvalue weighted by molar-refractivity contribution is -0.0299. The highest BCUT2D eigenvalue weighted by molar-refractivity contribution is 4.81. The van der Waals surface area contributed by atoms with Gasteiger partial charge in [-0.15, -0.1) is 0 Å². The van der Waals surface area contributed by atoms with Crippen molar-refractivity contribution in [1.82, 2.24) is 0 Å². The molecule has 2 saturated carbocycles. The van der Waals surface area contributed by atoms with E-state index in [4.69, 9.17) is 4.74 Å². The van der Waals surface area contributed by atoms with E-state index < -0.39 is 0 Å². The van der Waals surface area contributed by atoms with Gasteiger partial charge in [-0.2, -0.15) is 0 Å². The van der Waals surface area contributed by atoms with Crippen molar-refractivity contribution in [1.29, 1.82) is 0 Å². The molecule has 2 unspecified atom stereocenters. The van der Waals surface area contributed by atoms with E-state index in [2.05, 4.69) is 20.8 Å². The molecule has 3 rings (SSSR count). The van der Waals surface area contributed by atoms with Crippen LogP contribution in [0.2, 0.25) is 0 Å². The third-order valence-corrected chi connectivity index (χ3v) is 6.90. The Bertz CT molecular complexity index is 319. The second kappa shape index (κ2) is 14.9. The predicted molar refractivity (Wildman–Crippen MR) is 118 cm³/mol. The molecule has 0 amide bonds. The van der Waals surface area contributed by atoms with Crippen LogP contribution in [0.5, 0.6) is 0 Å². The highest BCUT2D eigenvalue weighted by atomic mass is 16.5. The minimum Gasteiger partial charge on any atom is -0.393 e. The molecular formula is C25H50O2. The second-order valence-corrected chi connectivity index (χ2v) is 9.22. The summed E-state index contributed by atoms with van der Waals surface area (Å²) in [5, 5.41) is 9.60. The fraction of sp³-hybridized carbons (Fsp3) is 1.00. The van der Waals surface area contributed by atoms with E-state index in [0.29, 0.717) is 6.10 Å². The van der Waals surface area contributed by atoms with Gasteiger partial charge in [0.25, 0.3) is 0 Å². The molecule has 0 aromatic rings. The highest BCUT2D eigenvalue weighted by Crippen LogP contribution is 2.40. The lowest BCUT2D eigenvalue weighted by atomic mass is 9.72. The third-order valence-electron chi connectivity index (χ3n) is 6.90. The first kappa shape index (κ1) is 25.0. The van der Waals surface area contributed by atoms with Gasteiger partial charge < -0.3 is 9.84 Å². The summed E-state index contributed by atoms with van der Waals surface area (Å²) >= 11 is 0. The van der Waals surface area contributed by atoms with Gasteiger partial charge in [0.2, 0.25) is 0 Å². The molecule has 162 valence electrons. The Kier molecular flexibility index (Phi) is 13.7. The van der Waals surface area contributed by atoms with Crippen molar-refractivity contribution in [3.63, 3.8) is 0 Å². The number of aliphatic hydroxyl groups is 1. The molecule has 1 saturated heterocycles. The zero-order valence-electron chi connectivity index (χ0n) is 19.2. The Hall–Kier alpha value is -0.0800. The Morgan fingerprint density at radius 3 is 1.59 bits per heavy atom. The molecular weight excluding hydrogens is 332 g/mol. The predicted octanol–water partition coefficient (Wildman–Crippen LogP) is 7.38. The summed E-state index contributed by atoms with van der Waals surface area (Å²) in [6.07, 6.45) is 17.8. The SMILES string of the molecule is CC.CC1CCC(C2CCC(CCC3CCC(O)CC3)CC2)CO1.CCC. The van der Waals surface area contributed by atoms with Crippen molar-refractivity contribution in [2.75, 3.05) is 6.61 Å². The molecule has 1 aliphatic heterocycles. The molecule has 0 spiro atoms. The van der Waals surface area contributed by atoms with Crippen LogP contribution < -0.4 is 0 Å². The number of rotatable bonds is 4. The van der Waals surface area contributed by atoms with Gasteiger partial charge in [0.15, 0.2) is 0 Å². The van der Waals surface area contributed by atoms with Gasteiger partial charge in [-0.3, -0.25) is 0 Å². The van der Waals surface area contributed by atoms with E-state index in [0.717, 1.165) is 43.1 Å². The normalized spacial score (nSPS) is 36.7. The zero-order chi connectivity index (χ0) is 20.1. The summed E-state index contributed by atoms with van der Waals surface area (Å²) < 4.78 is 5.89. The van der Waals surface area contributed by atoms with E-state index in [1.165, 1.54) is 70.6 Å². The summed E-state index contributed by atoms with van der Waals surface area (Å²) in [5.41, 5.74) is 0. The van der Waals surface area contributed by atoms with Crippen molar-refractivity contribution < 1.29 is 9.84 Å². The van der Waals surface area contributed by atoms with Crippen LogP contribution in [0.15, 0.2) is 0 Å². The number of aliphatic hydroxyl groups excluding tert-OH is 1. The van der Waals surface area contributed by atoms with E-state index in [1.807, 2.05) is 13.8 Å². The fourth-order valence-electron chi connectivity index (χ4n) is 5.13. The first-order chi connectivity index (χ1) is 13.1. The first-order valence-corrected chi connectivity index (χ1v) is 12.4. The van der Waals surface area contributed by atoms with E-state index in [1.54, 1.807) is 0 Å². The number of ether oxygens (including phenoxy) is 1. The standard InChI is InChI=1S/C20H36O2.C3H8.C2H6/c1-15-2-9-19(14-22-15)18-10-5-16(6-11-18)3-4-17-7-12-20(21)13-8-17;1-3-2;1-2/h15-21H,2-14H2,1H3;3H2,1-2H3;1-2H3. The molecule has 1 heterocycles. The third kappa shape index (κ3) is 9.79. The molecule has 2 atom stereocenters. The average Bonchev–Trinajstić information content (AvgIpc) is 2.71. The molecule has 3 fully saturated rings. The zero-order valence-corrected chi connectivity index (χ0v) is 19.2. The first-order valence-electron chi connectivity index (χ1n) is 12.4. The maximum Gasteiger partial charge on any atom is 0.0547 e. The maximum absolute atomic E-state index is 9.60. The van der Waals surface area contributed by atoms with Crippen LogP contribution in [0.4, 0.5) is 0 Å². The van der Waals surface area contributed by atoms with Gasteiger partial charge in [0.05, 0.1) is 18.8 Å². The van der Waals surface area contributed by atoms with Crippen LogP contribution in [-0.2, 0) is 4.74 Å². The second-order valence-electron chi connectivity index (χ2n) is 9.22. The molecule has 2 nitrogen and oxygen atoms in total. The quantitative estimate of drug-likeness (QED) is 0.549. The summed E-state index contributed by atoms with van der Waals surface area (Å²) in [6, 6.07) is 0. The molecule has 1 N–H and O–H groups in total. The van der Waals surface area contributed by atoms with Crippen LogP contribution in [0.1, 0.15) is 118 Å². The van der Waals surface area contributed by atoms with E-state index >= 15 is 0 Å². The molecule has 2 heteroatoms. The summed E-state index contributed by atoms with van der Waals surface area (Å²) in [7, 11) is 0. The van der Waals surface area contributed by atoms with Crippen molar-refractivity contribution in [3.05, 3.63) is 0 Å². The van der Waals surface area contributed by atoms with Crippen molar-refractivity contribution in [2.24, 2.45) is 23.7 Å². The van der Waals surface area contributed by atoms with Crippen LogP contribution >= 0.6 is 0 Å². The lowest BCUT2D eigenvalue weighted by Crippen LogP contribution is -2.31. The minimum atomic E-state index is 0.00659. The van der Waals surface area contributed by atoms with Crippen LogP contribution in [0.3, 0.4) is 0 Å². The molecule has 0 aromatic carbocycles. The van der Waals surface area contributed by atoms with Crippen molar-refractivity contribution in [3.8, 4) is 0 Å². The molecule has 0 radical (unpaired) electrons. The number of hydrogen-bond donors (Lipinski definition) is 1. The van der Waals surface area contributed by atoms with Gasteiger partial charge in [-0.25, -0.2) is 0 Å². The Morgan fingerprint density at radius 1 is 0.704 bits per heavy atom. The average molecular weight is 383 g/mol. The highest BCUT2D eigenvalue weighted by Gasteiger charge is 2.30. The topological polar surface area (TPSA) is 29.5 Å². The van der Waals surface area contributed by atoms with Crippen molar-refractivity contribution in [2.45, 2.75) is 130 Å².